The van der Waals surface area contributed by atoms with E-state index < -0.39 is 5.54 Å². The highest BCUT2D eigenvalue weighted by molar-refractivity contribution is 5.99. The van der Waals surface area contributed by atoms with Gasteiger partial charge in [-0.15, -0.1) is 0 Å². The molecule has 0 fully saturated rings. The molecule has 3 heteroatoms. The summed E-state index contributed by atoms with van der Waals surface area (Å²) in [5, 5.41) is 6.83. The Morgan fingerprint density at radius 2 is 1.41 bits per heavy atom. The summed E-state index contributed by atoms with van der Waals surface area (Å²) >= 11 is 0. The molecule has 0 heterocycles. The molecule has 0 aromatic heterocycles. The normalized spacial score (nSPS) is 11.3. The summed E-state index contributed by atoms with van der Waals surface area (Å²) in [6, 6.07) is 28.7. The van der Waals surface area contributed by atoms with Gasteiger partial charge < -0.3 is 5.32 Å². The van der Waals surface area contributed by atoms with Crippen LogP contribution in [0.2, 0.25) is 0 Å². The van der Waals surface area contributed by atoms with E-state index in [1.54, 1.807) is 0 Å². The lowest BCUT2D eigenvalue weighted by Crippen LogP contribution is -2.46. The van der Waals surface area contributed by atoms with E-state index in [0.717, 1.165) is 28.9 Å². The van der Waals surface area contributed by atoms with Gasteiger partial charge in [0.1, 0.15) is 0 Å². The highest BCUT2D eigenvalue weighted by Gasteiger charge is 2.37. The van der Waals surface area contributed by atoms with Gasteiger partial charge in [-0.2, -0.15) is 0 Å². The molecule has 3 aromatic rings. The predicted molar refractivity (Wildman–Crippen MR) is 121 cm³/mol. The standard InChI is InChI=1S/C26H28N2O/c1-4-25(29)28-24-18-12-11-17-23(24)26(27-19-20(2)3,21-13-7-5-8-14-21)22-15-9-6-10-16-22/h4-18,20,27H,1,19H2,2-3H3,(H,28,29). The van der Waals surface area contributed by atoms with Gasteiger partial charge in [-0.1, -0.05) is 99.3 Å². The summed E-state index contributed by atoms with van der Waals surface area (Å²) < 4.78 is 0. The van der Waals surface area contributed by atoms with Crippen LogP contribution in [-0.4, -0.2) is 12.5 Å². The molecule has 0 spiro atoms. The van der Waals surface area contributed by atoms with Gasteiger partial charge in [0, 0.05) is 11.3 Å². The zero-order chi connectivity index (χ0) is 20.7. The average molecular weight is 385 g/mol. The van der Waals surface area contributed by atoms with E-state index >= 15 is 0 Å². The number of rotatable bonds is 8. The summed E-state index contributed by atoms with van der Waals surface area (Å²) in [6.07, 6.45) is 1.30. The van der Waals surface area contributed by atoms with Gasteiger partial charge in [0.25, 0.3) is 0 Å². The Morgan fingerprint density at radius 1 is 0.897 bits per heavy atom. The Morgan fingerprint density at radius 3 is 1.93 bits per heavy atom. The van der Waals surface area contributed by atoms with Crippen molar-refractivity contribution in [1.29, 1.82) is 0 Å². The summed E-state index contributed by atoms with van der Waals surface area (Å²) in [5.41, 5.74) is 3.38. The number of anilines is 1. The van der Waals surface area contributed by atoms with E-state index in [9.17, 15) is 4.79 Å². The van der Waals surface area contributed by atoms with Crippen LogP contribution >= 0.6 is 0 Å². The van der Waals surface area contributed by atoms with Gasteiger partial charge >= 0.3 is 0 Å². The lowest BCUT2D eigenvalue weighted by atomic mass is 9.76. The lowest BCUT2D eigenvalue weighted by molar-refractivity contribution is -0.111. The summed E-state index contributed by atoms with van der Waals surface area (Å²) in [7, 11) is 0. The van der Waals surface area contributed by atoms with E-state index in [0.29, 0.717) is 5.92 Å². The van der Waals surface area contributed by atoms with Crippen LogP contribution in [0, 0.1) is 5.92 Å². The van der Waals surface area contributed by atoms with Crippen molar-refractivity contribution in [1.82, 2.24) is 5.32 Å². The first-order valence-corrected chi connectivity index (χ1v) is 9.97. The van der Waals surface area contributed by atoms with Crippen molar-refractivity contribution in [2.45, 2.75) is 19.4 Å². The lowest BCUT2D eigenvalue weighted by Gasteiger charge is -2.39. The monoisotopic (exact) mass is 384 g/mol. The Hall–Kier alpha value is -3.17. The Kier molecular flexibility index (Phi) is 6.63. The molecule has 3 nitrogen and oxygen atoms in total. The van der Waals surface area contributed by atoms with Crippen molar-refractivity contribution < 1.29 is 4.79 Å². The molecule has 0 aliphatic carbocycles. The summed E-state index contributed by atoms with van der Waals surface area (Å²) in [4.78, 5) is 12.1. The van der Waals surface area contributed by atoms with E-state index in [2.05, 4.69) is 85.7 Å². The van der Waals surface area contributed by atoms with Crippen LogP contribution in [0.25, 0.3) is 0 Å². The molecule has 0 saturated heterocycles. The largest absolute Gasteiger partial charge is 0.322 e. The number of benzene rings is 3. The summed E-state index contributed by atoms with van der Waals surface area (Å²) in [6.45, 7) is 8.80. The molecule has 0 unspecified atom stereocenters. The third-order valence-corrected chi connectivity index (χ3v) is 4.96. The van der Waals surface area contributed by atoms with Gasteiger partial charge in [0.15, 0.2) is 0 Å². The van der Waals surface area contributed by atoms with Crippen molar-refractivity contribution in [3.63, 3.8) is 0 Å². The van der Waals surface area contributed by atoms with Crippen molar-refractivity contribution in [2.75, 3.05) is 11.9 Å². The SMILES string of the molecule is C=CC(=O)Nc1ccccc1C(NCC(C)C)(c1ccccc1)c1ccccc1. The zero-order valence-corrected chi connectivity index (χ0v) is 17.1. The maximum atomic E-state index is 12.1. The van der Waals surface area contributed by atoms with Gasteiger partial charge in [-0.3, -0.25) is 10.1 Å². The first-order valence-electron chi connectivity index (χ1n) is 9.97. The van der Waals surface area contributed by atoms with Crippen LogP contribution in [0.4, 0.5) is 5.69 Å². The van der Waals surface area contributed by atoms with Crippen LogP contribution in [0.5, 0.6) is 0 Å². The van der Waals surface area contributed by atoms with E-state index in [1.807, 2.05) is 30.3 Å². The first-order chi connectivity index (χ1) is 14.1. The van der Waals surface area contributed by atoms with Crippen LogP contribution in [0.3, 0.4) is 0 Å². The molecule has 29 heavy (non-hydrogen) atoms. The molecular weight excluding hydrogens is 356 g/mol. The van der Waals surface area contributed by atoms with Crippen LogP contribution in [-0.2, 0) is 10.3 Å². The van der Waals surface area contributed by atoms with Gasteiger partial charge in [0.2, 0.25) is 5.91 Å². The minimum atomic E-state index is -0.613. The molecule has 0 saturated carbocycles. The van der Waals surface area contributed by atoms with Crippen molar-refractivity contribution >= 4 is 11.6 Å². The van der Waals surface area contributed by atoms with Crippen LogP contribution in [0.15, 0.2) is 97.6 Å². The van der Waals surface area contributed by atoms with Crippen molar-refractivity contribution in [3.05, 3.63) is 114 Å². The molecular formula is C26H28N2O. The fraction of sp³-hybridized carbons (Fsp3) is 0.192. The summed E-state index contributed by atoms with van der Waals surface area (Å²) in [5.74, 6) is 0.230. The molecule has 0 aliphatic heterocycles. The minimum absolute atomic E-state index is 0.226. The quantitative estimate of drug-likeness (QED) is 0.406. The number of para-hydroxylation sites is 1. The van der Waals surface area contributed by atoms with Gasteiger partial charge in [0.05, 0.1) is 5.54 Å². The Balaban J connectivity index is 2.30. The number of hydrogen-bond donors (Lipinski definition) is 2. The Labute approximate surface area is 173 Å². The smallest absolute Gasteiger partial charge is 0.247 e. The van der Waals surface area contributed by atoms with E-state index in [4.69, 9.17) is 0 Å². The van der Waals surface area contributed by atoms with Crippen molar-refractivity contribution in [2.24, 2.45) is 5.92 Å². The molecule has 3 rings (SSSR count). The molecule has 2 N–H and O–H groups in total. The molecule has 3 aromatic carbocycles. The average Bonchev–Trinajstić information content (AvgIpc) is 2.76. The zero-order valence-electron chi connectivity index (χ0n) is 17.1. The van der Waals surface area contributed by atoms with Gasteiger partial charge in [-0.25, -0.2) is 0 Å². The highest BCUT2D eigenvalue weighted by Crippen LogP contribution is 2.40. The van der Waals surface area contributed by atoms with E-state index in [1.165, 1.54) is 6.08 Å². The van der Waals surface area contributed by atoms with Crippen molar-refractivity contribution in [3.8, 4) is 0 Å². The molecule has 1 amide bonds. The predicted octanol–water partition coefficient (Wildman–Crippen LogP) is 5.35. The molecule has 0 bridgehead atoms. The maximum Gasteiger partial charge on any atom is 0.247 e. The second-order valence-electron chi connectivity index (χ2n) is 7.50. The number of amides is 1. The fourth-order valence-electron chi connectivity index (χ4n) is 3.61. The number of hydrogen-bond acceptors (Lipinski definition) is 2. The minimum Gasteiger partial charge on any atom is -0.322 e. The van der Waals surface area contributed by atoms with Crippen LogP contribution in [0.1, 0.15) is 30.5 Å². The number of carbonyl (C=O) groups excluding carboxylic acids is 1. The number of nitrogens with one attached hydrogen (secondary N) is 2. The fourth-order valence-corrected chi connectivity index (χ4v) is 3.61. The maximum absolute atomic E-state index is 12.1. The molecule has 0 aliphatic rings. The highest BCUT2D eigenvalue weighted by atomic mass is 16.1. The topological polar surface area (TPSA) is 41.1 Å². The first kappa shape index (κ1) is 20.6. The molecule has 0 radical (unpaired) electrons. The molecule has 0 atom stereocenters. The third-order valence-electron chi connectivity index (χ3n) is 4.96. The second-order valence-corrected chi connectivity index (χ2v) is 7.50. The van der Waals surface area contributed by atoms with Crippen LogP contribution < -0.4 is 10.6 Å². The van der Waals surface area contributed by atoms with Gasteiger partial charge in [-0.05, 0) is 35.7 Å². The number of carbonyl (C=O) groups is 1. The Bertz CT molecular complexity index is 909. The second kappa shape index (κ2) is 9.35. The third kappa shape index (κ3) is 4.47. The van der Waals surface area contributed by atoms with E-state index in [-0.39, 0.29) is 5.91 Å². The molecule has 148 valence electrons.